The molecule has 0 unspecified atom stereocenters. The molecule has 0 amide bonds. The Morgan fingerprint density at radius 1 is 1.32 bits per heavy atom. The molecule has 136 valence electrons. The Bertz CT molecular complexity index is 737. The van der Waals surface area contributed by atoms with Crippen molar-refractivity contribution in [2.24, 2.45) is 4.99 Å². The summed E-state index contributed by atoms with van der Waals surface area (Å²) in [5.74, 6) is 2.22. The summed E-state index contributed by atoms with van der Waals surface area (Å²) in [5, 5.41) is 7.22. The standard InChI is InChI=1S/C18H24BrClN4O/c1-18(2,3)15-10-23-16(25-15)11-24-17(21-4)22-8-7-12-9-13(20)5-6-14(12)19/h5-6,9-10H,7-8,11H2,1-4H3,(H2,21,22,24). The van der Waals surface area contributed by atoms with E-state index >= 15 is 0 Å². The van der Waals surface area contributed by atoms with Crippen LogP contribution in [0.5, 0.6) is 0 Å². The monoisotopic (exact) mass is 426 g/mol. The SMILES string of the molecule is CN=C(NCCc1cc(Cl)ccc1Br)NCc1ncc(C(C)(C)C)o1. The smallest absolute Gasteiger partial charge is 0.213 e. The minimum absolute atomic E-state index is 0.0461. The van der Waals surface area contributed by atoms with E-state index in [9.17, 15) is 0 Å². The van der Waals surface area contributed by atoms with E-state index < -0.39 is 0 Å². The Morgan fingerprint density at radius 3 is 2.72 bits per heavy atom. The van der Waals surface area contributed by atoms with Gasteiger partial charge in [-0.05, 0) is 30.2 Å². The second kappa shape index (κ2) is 8.72. The molecular weight excluding hydrogens is 404 g/mol. The van der Waals surface area contributed by atoms with Crippen LogP contribution in [-0.2, 0) is 18.4 Å². The number of oxazole rings is 1. The number of nitrogens with zero attached hydrogens (tertiary/aromatic N) is 2. The first-order valence-electron chi connectivity index (χ1n) is 8.13. The predicted octanol–water partition coefficient (Wildman–Crippen LogP) is 4.30. The van der Waals surface area contributed by atoms with Crippen molar-refractivity contribution in [2.75, 3.05) is 13.6 Å². The number of halogens is 2. The van der Waals surface area contributed by atoms with Gasteiger partial charge in [-0.25, -0.2) is 4.98 Å². The quantitative estimate of drug-likeness (QED) is 0.552. The zero-order valence-corrected chi connectivity index (χ0v) is 17.3. The van der Waals surface area contributed by atoms with E-state index in [1.165, 1.54) is 0 Å². The summed E-state index contributed by atoms with van der Waals surface area (Å²) in [6, 6.07) is 5.79. The zero-order chi connectivity index (χ0) is 18.4. The molecule has 0 spiro atoms. The van der Waals surface area contributed by atoms with Gasteiger partial charge in [-0.3, -0.25) is 4.99 Å². The molecule has 0 aliphatic heterocycles. The molecule has 0 bridgehead atoms. The molecule has 2 N–H and O–H groups in total. The number of rotatable bonds is 5. The lowest BCUT2D eigenvalue weighted by atomic mass is 9.94. The van der Waals surface area contributed by atoms with E-state index in [4.69, 9.17) is 16.0 Å². The fraction of sp³-hybridized carbons (Fsp3) is 0.444. The van der Waals surface area contributed by atoms with Crippen molar-refractivity contribution in [2.45, 2.75) is 39.2 Å². The summed E-state index contributed by atoms with van der Waals surface area (Å²) in [6.45, 7) is 7.51. The Hall–Kier alpha value is -1.53. The largest absolute Gasteiger partial charge is 0.443 e. The molecule has 1 heterocycles. The molecule has 2 aromatic rings. The van der Waals surface area contributed by atoms with Crippen LogP contribution in [0.2, 0.25) is 5.02 Å². The van der Waals surface area contributed by atoms with Crippen LogP contribution < -0.4 is 10.6 Å². The van der Waals surface area contributed by atoms with Gasteiger partial charge >= 0.3 is 0 Å². The van der Waals surface area contributed by atoms with Gasteiger partial charge in [0.25, 0.3) is 0 Å². The lowest BCUT2D eigenvalue weighted by molar-refractivity contribution is 0.379. The Morgan fingerprint density at radius 2 is 2.08 bits per heavy atom. The molecule has 5 nitrogen and oxygen atoms in total. The van der Waals surface area contributed by atoms with E-state index in [1.54, 1.807) is 13.2 Å². The van der Waals surface area contributed by atoms with E-state index in [0.717, 1.165) is 33.8 Å². The minimum Gasteiger partial charge on any atom is -0.443 e. The van der Waals surface area contributed by atoms with Crippen molar-refractivity contribution in [1.82, 2.24) is 15.6 Å². The molecule has 0 radical (unpaired) electrons. The molecule has 25 heavy (non-hydrogen) atoms. The first kappa shape index (κ1) is 19.8. The zero-order valence-electron chi connectivity index (χ0n) is 15.0. The Kier molecular flexibility index (Phi) is 6.90. The van der Waals surface area contributed by atoms with Crippen molar-refractivity contribution in [3.63, 3.8) is 0 Å². The predicted molar refractivity (Wildman–Crippen MR) is 106 cm³/mol. The lowest BCUT2D eigenvalue weighted by Crippen LogP contribution is -2.37. The van der Waals surface area contributed by atoms with Gasteiger partial charge in [0.15, 0.2) is 5.96 Å². The van der Waals surface area contributed by atoms with Gasteiger partial charge in [0, 0.05) is 28.5 Å². The number of aromatic nitrogens is 1. The fourth-order valence-corrected chi connectivity index (χ4v) is 2.81. The van der Waals surface area contributed by atoms with Gasteiger partial charge < -0.3 is 15.1 Å². The number of aliphatic imine (C=N–C) groups is 1. The summed E-state index contributed by atoms with van der Waals surface area (Å²) in [7, 11) is 1.74. The van der Waals surface area contributed by atoms with Crippen LogP contribution >= 0.6 is 27.5 Å². The van der Waals surface area contributed by atoms with E-state index in [1.807, 2.05) is 18.2 Å². The van der Waals surface area contributed by atoms with Crippen molar-refractivity contribution in [3.8, 4) is 0 Å². The van der Waals surface area contributed by atoms with Crippen molar-refractivity contribution in [3.05, 3.63) is 51.1 Å². The van der Waals surface area contributed by atoms with Gasteiger partial charge in [-0.2, -0.15) is 0 Å². The van der Waals surface area contributed by atoms with Crippen LogP contribution in [0.3, 0.4) is 0 Å². The molecule has 0 atom stereocenters. The highest BCUT2D eigenvalue weighted by Crippen LogP contribution is 2.23. The van der Waals surface area contributed by atoms with Crippen LogP contribution in [0, 0.1) is 0 Å². The normalized spacial score (nSPS) is 12.3. The molecular formula is C18H24BrClN4O. The van der Waals surface area contributed by atoms with Gasteiger partial charge in [0.05, 0.1) is 12.7 Å². The van der Waals surface area contributed by atoms with E-state index in [0.29, 0.717) is 18.4 Å². The first-order chi connectivity index (χ1) is 11.8. The highest BCUT2D eigenvalue weighted by Gasteiger charge is 2.19. The number of benzene rings is 1. The van der Waals surface area contributed by atoms with Crippen LogP contribution in [0.15, 0.2) is 38.3 Å². The molecule has 1 aromatic heterocycles. The summed E-state index contributed by atoms with van der Waals surface area (Å²) in [5.41, 5.74) is 1.10. The number of nitrogens with one attached hydrogen (secondary N) is 2. The number of hydrogen-bond acceptors (Lipinski definition) is 3. The lowest BCUT2D eigenvalue weighted by Gasteiger charge is -2.13. The third kappa shape index (κ3) is 6.04. The highest BCUT2D eigenvalue weighted by atomic mass is 79.9. The van der Waals surface area contributed by atoms with Gasteiger partial charge in [-0.15, -0.1) is 0 Å². The molecule has 0 fully saturated rings. The molecule has 0 aliphatic rings. The fourth-order valence-electron chi connectivity index (χ4n) is 2.17. The molecule has 0 saturated heterocycles. The van der Waals surface area contributed by atoms with Gasteiger partial charge in [-0.1, -0.05) is 48.3 Å². The van der Waals surface area contributed by atoms with E-state index in [2.05, 4.69) is 57.3 Å². The average molecular weight is 428 g/mol. The van der Waals surface area contributed by atoms with Crippen LogP contribution in [-0.4, -0.2) is 24.5 Å². The van der Waals surface area contributed by atoms with Gasteiger partial charge in [0.2, 0.25) is 5.89 Å². The maximum absolute atomic E-state index is 6.04. The molecule has 1 aromatic carbocycles. The minimum atomic E-state index is -0.0461. The number of guanidine groups is 1. The van der Waals surface area contributed by atoms with Crippen LogP contribution in [0.25, 0.3) is 0 Å². The summed E-state index contributed by atoms with van der Waals surface area (Å²) < 4.78 is 6.82. The summed E-state index contributed by atoms with van der Waals surface area (Å²) in [6.07, 6.45) is 2.61. The third-order valence-corrected chi connectivity index (χ3v) is 4.63. The maximum Gasteiger partial charge on any atom is 0.213 e. The van der Waals surface area contributed by atoms with Crippen LogP contribution in [0.4, 0.5) is 0 Å². The van der Waals surface area contributed by atoms with Crippen LogP contribution in [0.1, 0.15) is 38.0 Å². The second-order valence-electron chi connectivity index (χ2n) is 6.71. The Balaban J connectivity index is 1.83. The topological polar surface area (TPSA) is 62.5 Å². The summed E-state index contributed by atoms with van der Waals surface area (Å²) >= 11 is 9.58. The van der Waals surface area contributed by atoms with E-state index in [-0.39, 0.29) is 5.41 Å². The molecule has 0 aliphatic carbocycles. The first-order valence-corrected chi connectivity index (χ1v) is 9.30. The van der Waals surface area contributed by atoms with Crippen molar-refractivity contribution >= 4 is 33.5 Å². The molecule has 2 rings (SSSR count). The number of hydrogen-bond donors (Lipinski definition) is 2. The molecule has 7 heteroatoms. The van der Waals surface area contributed by atoms with Gasteiger partial charge in [0.1, 0.15) is 5.76 Å². The van der Waals surface area contributed by atoms with Crippen molar-refractivity contribution < 1.29 is 4.42 Å². The Labute approximate surface area is 162 Å². The molecule has 0 saturated carbocycles. The third-order valence-electron chi connectivity index (χ3n) is 3.62. The second-order valence-corrected chi connectivity index (χ2v) is 8.00. The summed E-state index contributed by atoms with van der Waals surface area (Å²) in [4.78, 5) is 8.52. The average Bonchev–Trinajstić information content (AvgIpc) is 3.03. The van der Waals surface area contributed by atoms with Crippen molar-refractivity contribution in [1.29, 1.82) is 0 Å². The highest BCUT2D eigenvalue weighted by molar-refractivity contribution is 9.10. The maximum atomic E-state index is 6.04.